The van der Waals surface area contributed by atoms with Gasteiger partial charge in [0.1, 0.15) is 5.82 Å². The number of benzene rings is 2. The van der Waals surface area contributed by atoms with Gasteiger partial charge in [0.05, 0.1) is 6.10 Å². The van der Waals surface area contributed by atoms with Gasteiger partial charge in [0, 0.05) is 26.2 Å². The van der Waals surface area contributed by atoms with Gasteiger partial charge in [0.2, 0.25) is 0 Å². The van der Waals surface area contributed by atoms with E-state index in [1.165, 1.54) is 6.07 Å². The number of rotatable bonds is 4. The number of anilines is 1. The summed E-state index contributed by atoms with van der Waals surface area (Å²) in [6, 6.07) is 14.2. The Labute approximate surface area is 113 Å². The molecule has 2 rings (SSSR count). The average molecular weight is 259 g/mol. The molecular formula is C16H18FNO. The minimum atomic E-state index is -0.687. The summed E-state index contributed by atoms with van der Waals surface area (Å²) in [6.07, 6.45) is -0.401. The van der Waals surface area contributed by atoms with Gasteiger partial charge in [-0.3, -0.25) is 0 Å². The van der Waals surface area contributed by atoms with Crippen LogP contribution in [-0.4, -0.2) is 19.2 Å². The van der Waals surface area contributed by atoms with Crippen molar-refractivity contribution in [2.24, 2.45) is 0 Å². The normalized spacial score (nSPS) is 12.2. The van der Waals surface area contributed by atoms with Crippen LogP contribution in [0.25, 0.3) is 0 Å². The SMILES string of the molecule is CN(C)c1ccc(C(O)Cc2ccccc2F)cc1. The molecule has 0 aliphatic heterocycles. The lowest BCUT2D eigenvalue weighted by Gasteiger charge is -2.15. The fourth-order valence-corrected chi connectivity index (χ4v) is 1.98. The van der Waals surface area contributed by atoms with Gasteiger partial charge in [-0.1, -0.05) is 30.3 Å². The van der Waals surface area contributed by atoms with Crippen molar-refractivity contribution in [1.82, 2.24) is 0 Å². The fourth-order valence-electron chi connectivity index (χ4n) is 1.98. The van der Waals surface area contributed by atoms with Crippen LogP contribution in [0, 0.1) is 5.82 Å². The van der Waals surface area contributed by atoms with Crippen molar-refractivity contribution in [3.05, 3.63) is 65.5 Å². The van der Waals surface area contributed by atoms with Crippen LogP contribution >= 0.6 is 0 Å². The molecule has 0 aliphatic carbocycles. The summed E-state index contributed by atoms with van der Waals surface area (Å²) < 4.78 is 13.5. The standard InChI is InChI=1S/C16H18FNO/c1-18(2)14-9-7-12(8-10-14)16(19)11-13-5-3-4-6-15(13)17/h3-10,16,19H,11H2,1-2H3. The molecule has 1 N–H and O–H groups in total. The van der Waals surface area contributed by atoms with Gasteiger partial charge < -0.3 is 10.0 Å². The lowest BCUT2D eigenvalue weighted by Crippen LogP contribution is -2.09. The first-order valence-electron chi connectivity index (χ1n) is 6.26. The molecule has 2 nitrogen and oxygen atoms in total. The summed E-state index contributed by atoms with van der Waals surface area (Å²) in [5.41, 5.74) is 2.40. The van der Waals surface area contributed by atoms with E-state index in [0.29, 0.717) is 5.56 Å². The maximum Gasteiger partial charge on any atom is 0.126 e. The summed E-state index contributed by atoms with van der Waals surface area (Å²) in [5.74, 6) is -0.272. The topological polar surface area (TPSA) is 23.5 Å². The van der Waals surface area contributed by atoms with E-state index in [9.17, 15) is 9.50 Å². The van der Waals surface area contributed by atoms with Gasteiger partial charge in [-0.2, -0.15) is 0 Å². The Hall–Kier alpha value is -1.87. The third-order valence-corrected chi connectivity index (χ3v) is 3.17. The molecule has 0 amide bonds. The zero-order valence-corrected chi connectivity index (χ0v) is 11.2. The van der Waals surface area contributed by atoms with Gasteiger partial charge in [-0.25, -0.2) is 4.39 Å². The summed E-state index contributed by atoms with van der Waals surface area (Å²) in [7, 11) is 3.93. The second-order valence-corrected chi connectivity index (χ2v) is 4.80. The van der Waals surface area contributed by atoms with Gasteiger partial charge in [0.15, 0.2) is 0 Å². The van der Waals surface area contributed by atoms with E-state index < -0.39 is 6.10 Å². The van der Waals surface area contributed by atoms with Crippen molar-refractivity contribution in [2.45, 2.75) is 12.5 Å². The highest BCUT2D eigenvalue weighted by Gasteiger charge is 2.11. The maximum atomic E-state index is 13.5. The predicted octanol–water partition coefficient (Wildman–Crippen LogP) is 3.17. The van der Waals surface area contributed by atoms with Crippen LogP contribution in [0.2, 0.25) is 0 Å². The van der Waals surface area contributed by atoms with E-state index in [2.05, 4.69) is 0 Å². The molecule has 19 heavy (non-hydrogen) atoms. The number of aliphatic hydroxyl groups is 1. The lowest BCUT2D eigenvalue weighted by atomic mass is 10.0. The molecular weight excluding hydrogens is 241 g/mol. The smallest absolute Gasteiger partial charge is 0.126 e. The molecule has 0 heterocycles. The Morgan fingerprint density at radius 1 is 1.05 bits per heavy atom. The van der Waals surface area contributed by atoms with E-state index in [-0.39, 0.29) is 12.2 Å². The van der Waals surface area contributed by atoms with Crippen LogP contribution in [0.5, 0.6) is 0 Å². The zero-order valence-electron chi connectivity index (χ0n) is 11.2. The Bertz CT molecular complexity index is 537. The largest absolute Gasteiger partial charge is 0.388 e. The molecule has 0 aliphatic rings. The van der Waals surface area contributed by atoms with Crippen LogP contribution in [-0.2, 0) is 6.42 Å². The quantitative estimate of drug-likeness (QED) is 0.911. The molecule has 1 atom stereocenters. The molecule has 0 aromatic heterocycles. The molecule has 0 spiro atoms. The third-order valence-electron chi connectivity index (χ3n) is 3.17. The van der Waals surface area contributed by atoms with Crippen LogP contribution in [0.3, 0.4) is 0 Å². The van der Waals surface area contributed by atoms with Gasteiger partial charge in [-0.15, -0.1) is 0 Å². The average Bonchev–Trinajstić information content (AvgIpc) is 2.41. The number of hydrogen-bond donors (Lipinski definition) is 1. The highest BCUT2D eigenvalue weighted by atomic mass is 19.1. The van der Waals surface area contributed by atoms with Crippen LogP contribution in [0.1, 0.15) is 17.2 Å². The molecule has 100 valence electrons. The summed E-state index contributed by atoms with van der Waals surface area (Å²) in [6.45, 7) is 0. The fraction of sp³-hybridized carbons (Fsp3) is 0.250. The van der Waals surface area contributed by atoms with E-state index in [1.807, 2.05) is 43.3 Å². The molecule has 3 heteroatoms. The molecule has 1 unspecified atom stereocenters. The monoisotopic (exact) mass is 259 g/mol. The van der Waals surface area contributed by atoms with E-state index in [4.69, 9.17) is 0 Å². The number of aliphatic hydroxyl groups excluding tert-OH is 1. The molecule has 2 aromatic rings. The zero-order chi connectivity index (χ0) is 13.8. The van der Waals surface area contributed by atoms with E-state index in [1.54, 1.807) is 18.2 Å². The Morgan fingerprint density at radius 3 is 2.26 bits per heavy atom. The molecule has 2 aromatic carbocycles. The maximum absolute atomic E-state index is 13.5. The Balaban J connectivity index is 2.12. The van der Waals surface area contributed by atoms with Crippen LogP contribution < -0.4 is 4.90 Å². The highest BCUT2D eigenvalue weighted by Crippen LogP contribution is 2.22. The van der Waals surface area contributed by atoms with Crippen molar-refractivity contribution in [3.63, 3.8) is 0 Å². The number of nitrogens with zero attached hydrogens (tertiary/aromatic N) is 1. The van der Waals surface area contributed by atoms with Crippen LogP contribution in [0.4, 0.5) is 10.1 Å². The van der Waals surface area contributed by atoms with Crippen molar-refractivity contribution >= 4 is 5.69 Å². The summed E-state index contributed by atoms with van der Waals surface area (Å²) >= 11 is 0. The molecule has 0 bridgehead atoms. The van der Waals surface area contributed by atoms with Gasteiger partial charge in [-0.05, 0) is 29.3 Å². The van der Waals surface area contributed by atoms with E-state index >= 15 is 0 Å². The molecule has 0 fully saturated rings. The summed E-state index contributed by atoms with van der Waals surface area (Å²) in [4.78, 5) is 1.99. The number of halogens is 1. The molecule has 0 saturated heterocycles. The second kappa shape index (κ2) is 5.85. The van der Waals surface area contributed by atoms with Crippen molar-refractivity contribution in [1.29, 1.82) is 0 Å². The van der Waals surface area contributed by atoms with Gasteiger partial charge >= 0.3 is 0 Å². The second-order valence-electron chi connectivity index (χ2n) is 4.80. The van der Waals surface area contributed by atoms with E-state index in [0.717, 1.165) is 11.3 Å². The first-order chi connectivity index (χ1) is 9.08. The predicted molar refractivity (Wildman–Crippen MR) is 75.8 cm³/mol. The minimum absolute atomic E-state index is 0.272. The van der Waals surface area contributed by atoms with Crippen molar-refractivity contribution < 1.29 is 9.50 Å². The first-order valence-corrected chi connectivity index (χ1v) is 6.26. The molecule has 0 saturated carbocycles. The summed E-state index contributed by atoms with van der Waals surface area (Å²) in [5, 5.41) is 10.1. The Kier molecular flexibility index (Phi) is 4.17. The third kappa shape index (κ3) is 3.32. The van der Waals surface area contributed by atoms with Crippen molar-refractivity contribution in [2.75, 3.05) is 19.0 Å². The lowest BCUT2D eigenvalue weighted by molar-refractivity contribution is 0.177. The van der Waals surface area contributed by atoms with Gasteiger partial charge in [0.25, 0.3) is 0 Å². The Morgan fingerprint density at radius 2 is 1.68 bits per heavy atom. The highest BCUT2D eigenvalue weighted by molar-refractivity contribution is 5.46. The van der Waals surface area contributed by atoms with Crippen LogP contribution in [0.15, 0.2) is 48.5 Å². The molecule has 0 radical (unpaired) electrons. The minimum Gasteiger partial charge on any atom is -0.388 e. The first kappa shape index (κ1) is 13.6. The number of hydrogen-bond acceptors (Lipinski definition) is 2. The van der Waals surface area contributed by atoms with Crippen molar-refractivity contribution in [3.8, 4) is 0 Å².